The number of hydrogen-bond donors (Lipinski definition) is 2. The normalized spacial score (nSPS) is 17.1. The van der Waals surface area contributed by atoms with Gasteiger partial charge in [0.1, 0.15) is 0 Å². The van der Waals surface area contributed by atoms with Crippen molar-refractivity contribution in [2.24, 2.45) is 0 Å². The smallest absolute Gasteiger partial charge is 0.306 e. The highest BCUT2D eigenvalue weighted by Gasteiger charge is 2.45. The Morgan fingerprint density at radius 1 is 0.773 bits per heavy atom. The summed E-state index contributed by atoms with van der Waals surface area (Å²) in [6.45, 7) is 2.64. The minimum Gasteiger partial charge on any atom is -0.306 e. The van der Waals surface area contributed by atoms with Gasteiger partial charge in [-0.15, -0.1) is 0 Å². The van der Waals surface area contributed by atoms with Crippen LogP contribution in [0.5, 0.6) is 0 Å². The van der Waals surface area contributed by atoms with Crippen molar-refractivity contribution in [1.29, 1.82) is 0 Å². The molecule has 0 unspecified atom stereocenters. The lowest BCUT2D eigenvalue weighted by molar-refractivity contribution is -0.0514. The molecule has 2 N–H and O–H groups in total. The van der Waals surface area contributed by atoms with Crippen LogP contribution in [0.2, 0.25) is 0 Å². The van der Waals surface area contributed by atoms with E-state index < -0.39 is 31.3 Å². The van der Waals surface area contributed by atoms with E-state index in [1.54, 1.807) is 0 Å². The second-order valence-electron chi connectivity index (χ2n) is 3.85. The molecule has 0 saturated carbocycles. The summed E-state index contributed by atoms with van der Waals surface area (Å²) in [4.78, 5) is 2.36. The monoisotopic (exact) mass is 385 g/mol. The summed E-state index contributed by atoms with van der Waals surface area (Å²) in [5.74, 6) is 0. The van der Waals surface area contributed by atoms with Gasteiger partial charge in [-0.05, 0) is 33.0 Å². The molecular weight excluding hydrogens is 372 g/mol. The molecule has 0 spiro atoms. The molecule has 0 aliphatic carbocycles. The molecule has 0 amide bonds. The average Bonchev–Trinajstić information content (AvgIpc) is 2.64. The van der Waals surface area contributed by atoms with E-state index in [2.05, 4.69) is 11.9 Å². The highest BCUT2D eigenvalue weighted by atomic mass is 32.2. The first-order valence-electron chi connectivity index (χ1n) is 5.15. The van der Waals surface area contributed by atoms with Gasteiger partial charge in [0.25, 0.3) is 0 Å². The van der Waals surface area contributed by atoms with Crippen LogP contribution in [0.15, 0.2) is 0 Å². The van der Waals surface area contributed by atoms with Crippen LogP contribution in [0.4, 0.5) is 26.3 Å². The predicted molar refractivity (Wildman–Crippen MR) is 61.9 cm³/mol. The third-order valence-electron chi connectivity index (χ3n) is 1.91. The van der Waals surface area contributed by atoms with E-state index >= 15 is 0 Å². The average molecular weight is 385 g/mol. The minimum atomic E-state index is -5.84. The van der Waals surface area contributed by atoms with Crippen molar-refractivity contribution in [2.45, 2.75) is 23.9 Å². The van der Waals surface area contributed by atoms with Gasteiger partial charge in [-0.25, -0.2) is 0 Å². The summed E-state index contributed by atoms with van der Waals surface area (Å²) in [5, 5.41) is 0. The SMILES string of the molecule is CN1CCCC1.O=S(=O)(O)C(F)(F)F.O=S(=O)(O)C(F)(F)F. The molecule has 1 saturated heterocycles. The summed E-state index contributed by atoms with van der Waals surface area (Å²) >= 11 is 0. The number of hydrogen-bond acceptors (Lipinski definition) is 5. The first-order chi connectivity index (χ1) is 9.39. The van der Waals surface area contributed by atoms with Gasteiger partial charge < -0.3 is 4.90 Å². The van der Waals surface area contributed by atoms with Gasteiger partial charge in [0.05, 0.1) is 0 Å². The molecule has 136 valence electrons. The van der Waals surface area contributed by atoms with E-state index in [9.17, 15) is 26.3 Å². The minimum absolute atomic E-state index is 1.32. The quantitative estimate of drug-likeness (QED) is 0.369. The Labute approximate surface area is 122 Å². The van der Waals surface area contributed by atoms with Gasteiger partial charge in [-0.2, -0.15) is 43.2 Å². The Bertz CT molecular complexity index is 477. The molecule has 0 aromatic heterocycles. The number of nitrogens with zero attached hydrogens (tertiary/aromatic N) is 1. The zero-order chi connectivity index (χ0) is 18.4. The lowest BCUT2D eigenvalue weighted by atomic mass is 10.4. The number of rotatable bonds is 0. The first-order valence-corrected chi connectivity index (χ1v) is 8.03. The molecule has 7 nitrogen and oxygen atoms in total. The molecule has 0 aromatic rings. The molecular formula is C7H13F6NO6S2. The zero-order valence-electron chi connectivity index (χ0n) is 10.9. The summed E-state index contributed by atoms with van der Waals surface area (Å²) in [5.41, 5.74) is -11.1. The van der Waals surface area contributed by atoms with Crippen LogP contribution in [-0.4, -0.2) is 62.0 Å². The highest BCUT2D eigenvalue weighted by molar-refractivity contribution is 7.86. The Balaban J connectivity index is 0. The number of halogens is 6. The topological polar surface area (TPSA) is 112 Å². The van der Waals surface area contributed by atoms with Crippen molar-refractivity contribution < 1.29 is 52.3 Å². The van der Waals surface area contributed by atoms with E-state index in [0.717, 1.165) is 0 Å². The molecule has 1 rings (SSSR count). The molecule has 0 atom stereocenters. The number of likely N-dealkylation sites (tertiary alicyclic amines) is 1. The molecule has 22 heavy (non-hydrogen) atoms. The van der Waals surface area contributed by atoms with Crippen molar-refractivity contribution in [2.75, 3.05) is 20.1 Å². The van der Waals surface area contributed by atoms with Crippen LogP contribution in [0.3, 0.4) is 0 Å². The number of alkyl halides is 6. The van der Waals surface area contributed by atoms with Crippen LogP contribution < -0.4 is 0 Å². The molecule has 0 radical (unpaired) electrons. The third kappa shape index (κ3) is 11.0. The van der Waals surface area contributed by atoms with Gasteiger partial charge >= 0.3 is 31.3 Å². The van der Waals surface area contributed by atoms with Crippen molar-refractivity contribution in [3.63, 3.8) is 0 Å². The van der Waals surface area contributed by atoms with E-state index in [0.29, 0.717) is 0 Å². The second-order valence-corrected chi connectivity index (χ2v) is 6.68. The van der Waals surface area contributed by atoms with Crippen LogP contribution in [0.25, 0.3) is 0 Å². The van der Waals surface area contributed by atoms with E-state index in [1.165, 1.54) is 25.9 Å². The molecule has 0 aromatic carbocycles. The maximum atomic E-state index is 10.7. The van der Waals surface area contributed by atoms with Crippen LogP contribution in [-0.2, 0) is 20.2 Å². The van der Waals surface area contributed by atoms with Crippen LogP contribution in [0.1, 0.15) is 12.8 Å². The van der Waals surface area contributed by atoms with Crippen molar-refractivity contribution >= 4 is 20.2 Å². The van der Waals surface area contributed by atoms with Gasteiger partial charge in [0.15, 0.2) is 0 Å². The molecule has 15 heteroatoms. The molecule has 0 bridgehead atoms. The van der Waals surface area contributed by atoms with Crippen molar-refractivity contribution in [3.05, 3.63) is 0 Å². The molecule has 1 fully saturated rings. The van der Waals surface area contributed by atoms with Crippen LogP contribution >= 0.6 is 0 Å². The lowest BCUT2D eigenvalue weighted by Gasteiger charge is -2.01. The third-order valence-corrected chi connectivity index (χ3v) is 3.08. The second kappa shape index (κ2) is 8.28. The van der Waals surface area contributed by atoms with E-state index in [4.69, 9.17) is 25.9 Å². The summed E-state index contributed by atoms with van der Waals surface area (Å²) < 4.78 is 115. The van der Waals surface area contributed by atoms with Crippen molar-refractivity contribution in [3.8, 4) is 0 Å². The fourth-order valence-electron chi connectivity index (χ4n) is 0.875. The first kappa shape index (κ1) is 23.6. The Morgan fingerprint density at radius 2 is 0.955 bits per heavy atom. The summed E-state index contributed by atoms with van der Waals surface area (Å²) in [7, 11) is -9.51. The van der Waals surface area contributed by atoms with E-state index in [1.807, 2.05) is 0 Å². The largest absolute Gasteiger partial charge is 0.522 e. The summed E-state index contributed by atoms with van der Waals surface area (Å²) in [6, 6.07) is 0. The Morgan fingerprint density at radius 3 is 1.00 bits per heavy atom. The highest BCUT2D eigenvalue weighted by Crippen LogP contribution is 2.21. The van der Waals surface area contributed by atoms with Gasteiger partial charge in [-0.1, -0.05) is 0 Å². The Kier molecular flexibility index (Phi) is 8.89. The molecule has 1 aliphatic rings. The standard InChI is InChI=1S/C5H11N.2CHF3O3S/c1-6-4-2-3-5-6;2*2-1(3,4)8(5,6)7/h2-5H2,1H3;2*(H,5,6,7). The fraction of sp³-hybridized carbons (Fsp3) is 1.00. The maximum absolute atomic E-state index is 10.7. The molecule has 1 aliphatic heterocycles. The fourth-order valence-corrected chi connectivity index (χ4v) is 0.875. The van der Waals surface area contributed by atoms with Gasteiger partial charge in [0, 0.05) is 0 Å². The van der Waals surface area contributed by atoms with E-state index in [-0.39, 0.29) is 0 Å². The van der Waals surface area contributed by atoms with Gasteiger partial charge in [0.2, 0.25) is 0 Å². The Hall–Kier alpha value is -0.640. The van der Waals surface area contributed by atoms with Gasteiger partial charge in [-0.3, -0.25) is 9.11 Å². The lowest BCUT2D eigenvalue weighted by Crippen LogP contribution is -2.21. The van der Waals surface area contributed by atoms with Crippen LogP contribution in [0, 0.1) is 0 Å². The maximum Gasteiger partial charge on any atom is 0.522 e. The zero-order valence-corrected chi connectivity index (χ0v) is 12.5. The van der Waals surface area contributed by atoms with Crippen molar-refractivity contribution in [1.82, 2.24) is 4.90 Å². The predicted octanol–water partition coefficient (Wildman–Crippen LogP) is 1.50. The summed E-state index contributed by atoms with van der Waals surface area (Å²) in [6.07, 6.45) is 2.83. The molecule has 1 heterocycles.